The fourth-order valence-corrected chi connectivity index (χ4v) is 2.57. The molecule has 1 fully saturated rings. The molecule has 2 unspecified atom stereocenters. The summed E-state index contributed by atoms with van der Waals surface area (Å²) in [5, 5.41) is 3.47. The van der Waals surface area contributed by atoms with Crippen molar-refractivity contribution in [3.8, 4) is 0 Å². The van der Waals surface area contributed by atoms with Gasteiger partial charge in [0.2, 0.25) is 5.91 Å². The highest BCUT2D eigenvalue weighted by Crippen LogP contribution is 2.24. The third kappa shape index (κ3) is 2.40. The number of nitrogens with one attached hydrogen (secondary N) is 1. The topological polar surface area (TPSA) is 32.3 Å². The van der Waals surface area contributed by atoms with Crippen LogP contribution in [-0.4, -0.2) is 29.1 Å². The van der Waals surface area contributed by atoms with Gasteiger partial charge < -0.3 is 4.90 Å². The molecule has 94 valence electrons. The molecule has 0 saturated carbocycles. The highest BCUT2D eigenvalue weighted by atomic mass is 16.2. The van der Waals surface area contributed by atoms with Crippen molar-refractivity contribution in [2.45, 2.75) is 72.1 Å². The van der Waals surface area contributed by atoms with E-state index in [0.717, 1.165) is 19.3 Å². The lowest BCUT2D eigenvalue weighted by atomic mass is 10.1. The molecule has 1 N–H and O–H groups in total. The third-order valence-corrected chi connectivity index (χ3v) is 3.60. The number of rotatable bonds is 5. The molecule has 1 aliphatic heterocycles. The third-order valence-electron chi connectivity index (χ3n) is 3.60. The average molecular weight is 226 g/mol. The van der Waals surface area contributed by atoms with Crippen LogP contribution >= 0.6 is 0 Å². The predicted octanol–water partition coefficient (Wildman–Crippen LogP) is 2.37. The summed E-state index contributed by atoms with van der Waals surface area (Å²) in [6.45, 7) is 10.8. The van der Waals surface area contributed by atoms with Crippen molar-refractivity contribution in [2.75, 3.05) is 0 Å². The number of carbonyl (C=O) groups excluding carboxylic acids is 1. The van der Waals surface area contributed by atoms with Crippen molar-refractivity contribution in [1.29, 1.82) is 0 Å². The standard InChI is InChI=1S/C13H26N2O/c1-6-10(7-2)15-12(9(4)5)14-11(8-3)13(15)16/h9-12,14H,6-8H2,1-5H3. The molecule has 3 heteroatoms. The van der Waals surface area contributed by atoms with Gasteiger partial charge in [0.05, 0.1) is 12.2 Å². The van der Waals surface area contributed by atoms with Gasteiger partial charge in [-0.15, -0.1) is 0 Å². The van der Waals surface area contributed by atoms with Gasteiger partial charge in [0, 0.05) is 6.04 Å². The molecule has 0 aromatic heterocycles. The van der Waals surface area contributed by atoms with Crippen LogP contribution in [0.25, 0.3) is 0 Å². The van der Waals surface area contributed by atoms with Gasteiger partial charge in [-0.2, -0.15) is 0 Å². The molecule has 0 bridgehead atoms. The summed E-state index contributed by atoms with van der Waals surface area (Å²) >= 11 is 0. The molecule has 1 rings (SSSR count). The highest BCUT2D eigenvalue weighted by molar-refractivity contribution is 5.84. The van der Waals surface area contributed by atoms with Gasteiger partial charge in [-0.05, 0) is 25.2 Å². The van der Waals surface area contributed by atoms with Gasteiger partial charge in [0.25, 0.3) is 0 Å². The van der Waals surface area contributed by atoms with E-state index >= 15 is 0 Å². The molecule has 1 saturated heterocycles. The average Bonchev–Trinajstić information content (AvgIpc) is 2.59. The minimum absolute atomic E-state index is 0.0352. The Morgan fingerprint density at radius 3 is 2.19 bits per heavy atom. The van der Waals surface area contributed by atoms with Gasteiger partial charge in [-0.3, -0.25) is 10.1 Å². The summed E-state index contributed by atoms with van der Waals surface area (Å²) in [6.07, 6.45) is 3.20. The molecule has 0 radical (unpaired) electrons. The molecular formula is C13H26N2O. The van der Waals surface area contributed by atoms with Crippen LogP contribution < -0.4 is 5.32 Å². The lowest BCUT2D eigenvalue weighted by molar-refractivity contribution is -0.133. The molecule has 0 spiro atoms. The second-order valence-electron chi connectivity index (χ2n) is 5.03. The quantitative estimate of drug-likeness (QED) is 0.780. The zero-order valence-corrected chi connectivity index (χ0v) is 11.3. The maximum Gasteiger partial charge on any atom is 0.241 e. The van der Waals surface area contributed by atoms with Crippen LogP contribution in [0.15, 0.2) is 0 Å². The summed E-state index contributed by atoms with van der Waals surface area (Å²) in [5.41, 5.74) is 0. The van der Waals surface area contributed by atoms with Crippen LogP contribution in [0.1, 0.15) is 53.9 Å². The zero-order chi connectivity index (χ0) is 12.3. The van der Waals surface area contributed by atoms with E-state index in [1.165, 1.54) is 0 Å². The van der Waals surface area contributed by atoms with Gasteiger partial charge in [-0.25, -0.2) is 0 Å². The van der Waals surface area contributed by atoms with Crippen molar-refractivity contribution in [2.24, 2.45) is 5.92 Å². The summed E-state index contributed by atoms with van der Waals surface area (Å²) in [6, 6.07) is 0.428. The molecule has 0 aromatic rings. The van der Waals surface area contributed by atoms with Crippen LogP contribution in [0.4, 0.5) is 0 Å². The Morgan fingerprint density at radius 2 is 1.81 bits per heavy atom. The Kier molecular flexibility index (Phi) is 4.78. The van der Waals surface area contributed by atoms with Gasteiger partial charge in [0.1, 0.15) is 0 Å². The second kappa shape index (κ2) is 5.67. The summed E-state index contributed by atoms with van der Waals surface area (Å²) in [4.78, 5) is 14.4. The molecule has 1 aliphatic rings. The Labute approximate surface area is 99.6 Å². The SMILES string of the molecule is CCC1NC(C(C)C)N(C(CC)CC)C1=O. The molecule has 0 aromatic carbocycles. The molecule has 16 heavy (non-hydrogen) atoms. The van der Waals surface area contributed by atoms with E-state index in [1.54, 1.807) is 0 Å². The van der Waals surface area contributed by atoms with Gasteiger partial charge in [-0.1, -0.05) is 34.6 Å². The van der Waals surface area contributed by atoms with Crippen molar-refractivity contribution >= 4 is 5.91 Å². The predicted molar refractivity (Wildman–Crippen MR) is 67.1 cm³/mol. The number of amides is 1. The van der Waals surface area contributed by atoms with Crippen molar-refractivity contribution in [1.82, 2.24) is 10.2 Å². The normalized spacial score (nSPS) is 26.2. The monoisotopic (exact) mass is 226 g/mol. The van der Waals surface area contributed by atoms with E-state index in [9.17, 15) is 4.79 Å². The molecular weight excluding hydrogens is 200 g/mol. The van der Waals surface area contributed by atoms with E-state index in [1.807, 2.05) is 0 Å². The van der Waals surface area contributed by atoms with Crippen LogP contribution in [0.2, 0.25) is 0 Å². The minimum Gasteiger partial charge on any atom is -0.323 e. The van der Waals surface area contributed by atoms with Crippen molar-refractivity contribution < 1.29 is 4.79 Å². The number of hydrogen-bond donors (Lipinski definition) is 1. The fourth-order valence-electron chi connectivity index (χ4n) is 2.57. The molecule has 0 aliphatic carbocycles. The first-order valence-corrected chi connectivity index (χ1v) is 6.64. The van der Waals surface area contributed by atoms with E-state index in [2.05, 4.69) is 44.8 Å². The molecule has 1 amide bonds. The fraction of sp³-hybridized carbons (Fsp3) is 0.923. The largest absolute Gasteiger partial charge is 0.323 e. The van der Waals surface area contributed by atoms with Crippen molar-refractivity contribution in [3.05, 3.63) is 0 Å². The van der Waals surface area contributed by atoms with E-state index in [0.29, 0.717) is 17.9 Å². The van der Waals surface area contributed by atoms with E-state index < -0.39 is 0 Å². The van der Waals surface area contributed by atoms with Crippen LogP contribution in [0.3, 0.4) is 0 Å². The summed E-state index contributed by atoms with van der Waals surface area (Å²) in [5.74, 6) is 0.774. The molecule has 1 heterocycles. The number of nitrogens with zero attached hydrogens (tertiary/aromatic N) is 1. The van der Waals surface area contributed by atoms with Crippen LogP contribution in [0, 0.1) is 5.92 Å². The summed E-state index contributed by atoms with van der Waals surface area (Å²) < 4.78 is 0. The maximum absolute atomic E-state index is 12.3. The highest BCUT2D eigenvalue weighted by Gasteiger charge is 2.41. The van der Waals surface area contributed by atoms with Crippen LogP contribution in [-0.2, 0) is 4.79 Å². The van der Waals surface area contributed by atoms with Gasteiger partial charge >= 0.3 is 0 Å². The second-order valence-corrected chi connectivity index (χ2v) is 5.03. The number of carbonyl (C=O) groups is 1. The van der Waals surface area contributed by atoms with Crippen LogP contribution in [0.5, 0.6) is 0 Å². The minimum atomic E-state index is 0.0352. The molecule has 2 atom stereocenters. The Bertz CT molecular complexity index is 236. The Hall–Kier alpha value is -0.570. The van der Waals surface area contributed by atoms with Gasteiger partial charge in [0.15, 0.2) is 0 Å². The number of hydrogen-bond acceptors (Lipinski definition) is 2. The molecule has 3 nitrogen and oxygen atoms in total. The first kappa shape index (κ1) is 13.5. The Balaban J connectivity index is 2.87. The maximum atomic E-state index is 12.3. The van der Waals surface area contributed by atoms with E-state index in [4.69, 9.17) is 0 Å². The smallest absolute Gasteiger partial charge is 0.241 e. The zero-order valence-electron chi connectivity index (χ0n) is 11.3. The first-order valence-electron chi connectivity index (χ1n) is 6.64. The lowest BCUT2D eigenvalue weighted by Gasteiger charge is -2.33. The lowest BCUT2D eigenvalue weighted by Crippen LogP contribution is -2.46. The van der Waals surface area contributed by atoms with E-state index in [-0.39, 0.29) is 12.2 Å². The Morgan fingerprint density at radius 1 is 1.25 bits per heavy atom. The summed E-state index contributed by atoms with van der Waals surface area (Å²) in [7, 11) is 0. The first-order chi connectivity index (χ1) is 7.56. The van der Waals surface area contributed by atoms with Crippen molar-refractivity contribution in [3.63, 3.8) is 0 Å².